The molecule has 0 aliphatic rings. The number of hydrogen-bond acceptors (Lipinski definition) is 2. The number of amides is 1. The van der Waals surface area contributed by atoms with Crippen molar-refractivity contribution >= 4 is 21.8 Å². The summed E-state index contributed by atoms with van der Waals surface area (Å²) >= 11 is 3.57. The van der Waals surface area contributed by atoms with Crippen molar-refractivity contribution in [2.45, 2.75) is 33.1 Å². The van der Waals surface area contributed by atoms with Crippen LogP contribution in [0.3, 0.4) is 0 Å². The molecule has 0 radical (unpaired) electrons. The SMILES string of the molecule is COc1cc(Br)c(CC(CCc2ccc(C)cc2)C(N)=O)cc1C. The van der Waals surface area contributed by atoms with Crippen molar-refractivity contribution in [3.63, 3.8) is 0 Å². The summed E-state index contributed by atoms with van der Waals surface area (Å²) in [6.45, 7) is 4.07. The van der Waals surface area contributed by atoms with Gasteiger partial charge in [-0.3, -0.25) is 4.79 Å². The van der Waals surface area contributed by atoms with Gasteiger partial charge in [0.25, 0.3) is 0 Å². The molecule has 2 N–H and O–H groups in total. The minimum atomic E-state index is -0.248. The number of hydrogen-bond donors (Lipinski definition) is 1. The molecule has 0 aliphatic carbocycles. The lowest BCUT2D eigenvalue weighted by molar-refractivity contribution is -0.121. The van der Waals surface area contributed by atoms with Gasteiger partial charge >= 0.3 is 0 Å². The highest BCUT2D eigenvalue weighted by Gasteiger charge is 2.18. The molecule has 0 spiro atoms. The van der Waals surface area contributed by atoms with Gasteiger partial charge in [0.05, 0.1) is 7.11 Å². The van der Waals surface area contributed by atoms with Gasteiger partial charge in [-0.1, -0.05) is 51.8 Å². The molecule has 24 heavy (non-hydrogen) atoms. The average molecular weight is 390 g/mol. The van der Waals surface area contributed by atoms with Crippen LogP contribution in [-0.2, 0) is 17.6 Å². The first kappa shape index (κ1) is 18.5. The first-order valence-electron chi connectivity index (χ1n) is 8.08. The van der Waals surface area contributed by atoms with E-state index in [1.807, 2.05) is 13.0 Å². The van der Waals surface area contributed by atoms with Crippen LogP contribution in [0.4, 0.5) is 0 Å². The van der Waals surface area contributed by atoms with Crippen molar-refractivity contribution in [3.05, 3.63) is 63.1 Å². The third kappa shape index (κ3) is 4.84. The Morgan fingerprint density at radius 1 is 1.21 bits per heavy atom. The summed E-state index contributed by atoms with van der Waals surface area (Å²) in [5.74, 6) is 0.402. The maximum absolute atomic E-state index is 11.9. The van der Waals surface area contributed by atoms with Crippen LogP contribution in [0.15, 0.2) is 40.9 Å². The highest BCUT2D eigenvalue weighted by molar-refractivity contribution is 9.10. The van der Waals surface area contributed by atoms with E-state index in [0.29, 0.717) is 6.42 Å². The Balaban J connectivity index is 2.10. The molecule has 3 nitrogen and oxygen atoms in total. The van der Waals surface area contributed by atoms with Gasteiger partial charge in [-0.25, -0.2) is 0 Å². The maximum atomic E-state index is 11.9. The van der Waals surface area contributed by atoms with E-state index in [4.69, 9.17) is 10.5 Å². The van der Waals surface area contributed by atoms with E-state index < -0.39 is 0 Å². The summed E-state index contributed by atoms with van der Waals surface area (Å²) in [4.78, 5) is 11.9. The minimum absolute atomic E-state index is 0.185. The number of nitrogens with two attached hydrogens (primary N) is 1. The van der Waals surface area contributed by atoms with E-state index in [-0.39, 0.29) is 11.8 Å². The molecule has 0 heterocycles. The molecule has 0 saturated heterocycles. The molecule has 0 aromatic heterocycles. The molecule has 0 fully saturated rings. The van der Waals surface area contributed by atoms with Gasteiger partial charge in [0.15, 0.2) is 0 Å². The Morgan fingerprint density at radius 2 is 1.88 bits per heavy atom. The number of carbonyl (C=O) groups excluding carboxylic acids is 1. The fourth-order valence-electron chi connectivity index (χ4n) is 2.81. The predicted molar refractivity (Wildman–Crippen MR) is 101 cm³/mol. The number of methoxy groups -OCH3 is 1. The number of ether oxygens (including phenoxy) is 1. The Morgan fingerprint density at radius 3 is 2.46 bits per heavy atom. The Labute approximate surface area is 152 Å². The quantitative estimate of drug-likeness (QED) is 0.764. The summed E-state index contributed by atoms with van der Waals surface area (Å²) in [6.07, 6.45) is 2.23. The fourth-order valence-corrected chi connectivity index (χ4v) is 3.29. The van der Waals surface area contributed by atoms with Crippen molar-refractivity contribution in [2.24, 2.45) is 11.7 Å². The molecule has 1 unspecified atom stereocenters. The van der Waals surface area contributed by atoms with E-state index in [0.717, 1.165) is 34.2 Å². The highest BCUT2D eigenvalue weighted by Crippen LogP contribution is 2.29. The predicted octanol–water partition coefficient (Wildman–Crippen LogP) is 4.35. The second-order valence-corrected chi connectivity index (χ2v) is 7.10. The monoisotopic (exact) mass is 389 g/mol. The normalized spacial score (nSPS) is 12.0. The van der Waals surface area contributed by atoms with E-state index in [1.165, 1.54) is 11.1 Å². The summed E-state index contributed by atoms with van der Waals surface area (Å²) in [5, 5.41) is 0. The molecular weight excluding hydrogens is 366 g/mol. The van der Waals surface area contributed by atoms with Crippen LogP contribution in [-0.4, -0.2) is 13.0 Å². The molecule has 0 bridgehead atoms. The summed E-state index contributed by atoms with van der Waals surface area (Å²) in [5.41, 5.74) is 10.2. The van der Waals surface area contributed by atoms with Gasteiger partial charge < -0.3 is 10.5 Å². The molecule has 2 aromatic rings. The second kappa shape index (κ2) is 8.34. The first-order valence-corrected chi connectivity index (χ1v) is 8.88. The number of carbonyl (C=O) groups is 1. The zero-order chi connectivity index (χ0) is 17.7. The van der Waals surface area contributed by atoms with Gasteiger partial charge in [0.1, 0.15) is 5.75 Å². The largest absolute Gasteiger partial charge is 0.496 e. The van der Waals surface area contributed by atoms with Gasteiger partial charge in [0.2, 0.25) is 5.91 Å². The Hall–Kier alpha value is -1.81. The molecule has 1 amide bonds. The van der Waals surface area contributed by atoms with E-state index in [1.54, 1.807) is 7.11 Å². The van der Waals surface area contributed by atoms with Crippen LogP contribution in [0.2, 0.25) is 0 Å². The Kier molecular flexibility index (Phi) is 6.44. The lowest BCUT2D eigenvalue weighted by Gasteiger charge is -2.16. The number of halogens is 1. The highest BCUT2D eigenvalue weighted by atomic mass is 79.9. The van der Waals surface area contributed by atoms with Gasteiger partial charge in [-0.05, 0) is 55.9 Å². The summed E-state index contributed by atoms with van der Waals surface area (Å²) in [6, 6.07) is 12.4. The van der Waals surface area contributed by atoms with Gasteiger partial charge in [-0.15, -0.1) is 0 Å². The number of rotatable bonds is 7. The van der Waals surface area contributed by atoms with E-state index >= 15 is 0 Å². The van der Waals surface area contributed by atoms with Crippen LogP contribution in [0.1, 0.15) is 28.7 Å². The van der Waals surface area contributed by atoms with Gasteiger partial charge in [0, 0.05) is 10.4 Å². The van der Waals surface area contributed by atoms with E-state index in [9.17, 15) is 4.79 Å². The van der Waals surface area contributed by atoms with Crippen molar-refractivity contribution in [1.29, 1.82) is 0 Å². The molecule has 0 aliphatic heterocycles. The number of benzene rings is 2. The maximum Gasteiger partial charge on any atom is 0.220 e. The number of aryl methyl sites for hydroxylation is 3. The van der Waals surface area contributed by atoms with Crippen LogP contribution < -0.4 is 10.5 Å². The smallest absolute Gasteiger partial charge is 0.220 e. The molecule has 0 saturated carbocycles. The van der Waals surface area contributed by atoms with Crippen LogP contribution >= 0.6 is 15.9 Å². The second-order valence-electron chi connectivity index (χ2n) is 6.24. The Bertz CT molecular complexity index is 710. The van der Waals surface area contributed by atoms with Crippen LogP contribution in [0, 0.1) is 19.8 Å². The molecule has 2 aromatic carbocycles. The zero-order valence-corrected chi connectivity index (χ0v) is 16.0. The van der Waals surface area contributed by atoms with E-state index in [2.05, 4.69) is 53.2 Å². The number of primary amides is 1. The standard InChI is InChI=1S/C20H24BrNO2/c1-13-4-6-15(7-5-13)8-9-16(20(22)23)11-17-10-14(2)19(24-3)12-18(17)21/h4-7,10,12,16H,8-9,11H2,1-3H3,(H2,22,23). The first-order chi connectivity index (χ1) is 11.4. The van der Waals surface area contributed by atoms with Gasteiger partial charge in [-0.2, -0.15) is 0 Å². The lowest BCUT2D eigenvalue weighted by atomic mass is 9.91. The summed E-state index contributed by atoms with van der Waals surface area (Å²) < 4.78 is 6.28. The molecule has 4 heteroatoms. The minimum Gasteiger partial charge on any atom is -0.496 e. The molecular formula is C20H24BrNO2. The van der Waals surface area contributed by atoms with Crippen LogP contribution in [0.5, 0.6) is 5.75 Å². The van der Waals surface area contributed by atoms with Crippen molar-refractivity contribution in [1.82, 2.24) is 0 Å². The van der Waals surface area contributed by atoms with Crippen molar-refractivity contribution < 1.29 is 9.53 Å². The molecule has 2 rings (SSSR count). The topological polar surface area (TPSA) is 52.3 Å². The summed E-state index contributed by atoms with van der Waals surface area (Å²) in [7, 11) is 1.65. The lowest BCUT2D eigenvalue weighted by Crippen LogP contribution is -2.26. The van der Waals surface area contributed by atoms with Crippen molar-refractivity contribution in [3.8, 4) is 5.75 Å². The van der Waals surface area contributed by atoms with Crippen molar-refractivity contribution in [2.75, 3.05) is 7.11 Å². The fraction of sp³-hybridized carbons (Fsp3) is 0.350. The third-order valence-corrected chi connectivity index (χ3v) is 5.07. The zero-order valence-electron chi connectivity index (χ0n) is 14.4. The van der Waals surface area contributed by atoms with Crippen LogP contribution in [0.25, 0.3) is 0 Å². The third-order valence-electron chi connectivity index (χ3n) is 4.33. The molecule has 128 valence electrons. The molecule has 1 atom stereocenters. The average Bonchev–Trinajstić information content (AvgIpc) is 2.55.